The van der Waals surface area contributed by atoms with Crippen LogP contribution in [0.3, 0.4) is 0 Å². The lowest BCUT2D eigenvalue weighted by Gasteiger charge is -2.29. The van der Waals surface area contributed by atoms with Crippen LogP contribution in [0.2, 0.25) is 0 Å². The summed E-state index contributed by atoms with van der Waals surface area (Å²) in [6.45, 7) is 3.94. The number of ether oxygens (including phenoxy) is 2. The van der Waals surface area contributed by atoms with Gasteiger partial charge >= 0.3 is 0 Å². The van der Waals surface area contributed by atoms with Crippen molar-refractivity contribution in [2.24, 2.45) is 17.3 Å². The summed E-state index contributed by atoms with van der Waals surface area (Å²) in [5.41, 5.74) is 0.0633. The van der Waals surface area contributed by atoms with Gasteiger partial charge in [-0.3, -0.25) is 4.79 Å². The third-order valence-electron chi connectivity index (χ3n) is 4.84. The molecule has 2 atom stereocenters. The van der Waals surface area contributed by atoms with Gasteiger partial charge < -0.3 is 14.4 Å². The molecule has 3 heterocycles. The van der Waals surface area contributed by atoms with Crippen molar-refractivity contribution in [3.63, 3.8) is 0 Å². The fraction of sp³-hybridized carbons (Fsp3) is 0.929. The molecule has 3 aliphatic heterocycles. The molecule has 0 aromatic rings. The molecular formula is C14H23NO3S. The van der Waals surface area contributed by atoms with Crippen molar-refractivity contribution in [1.29, 1.82) is 0 Å². The van der Waals surface area contributed by atoms with Crippen molar-refractivity contribution < 1.29 is 14.3 Å². The number of methoxy groups -OCH3 is 1. The number of carbonyl (C=O) groups excluding carboxylic acids is 1. The van der Waals surface area contributed by atoms with Crippen molar-refractivity contribution in [2.75, 3.05) is 51.5 Å². The summed E-state index contributed by atoms with van der Waals surface area (Å²) in [6, 6.07) is 0. The van der Waals surface area contributed by atoms with Crippen LogP contribution in [0.4, 0.5) is 0 Å². The van der Waals surface area contributed by atoms with Crippen molar-refractivity contribution >= 4 is 17.7 Å². The fourth-order valence-electron chi connectivity index (χ4n) is 3.69. The van der Waals surface area contributed by atoms with Crippen LogP contribution in [0.1, 0.15) is 12.8 Å². The third-order valence-corrected chi connectivity index (χ3v) is 5.88. The highest BCUT2D eigenvalue weighted by Gasteiger charge is 2.52. The van der Waals surface area contributed by atoms with E-state index in [0.717, 1.165) is 50.7 Å². The number of nitrogens with zero attached hydrogens (tertiary/aromatic N) is 1. The van der Waals surface area contributed by atoms with E-state index in [-0.39, 0.29) is 11.3 Å². The smallest absolute Gasteiger partial charge is 0.225 e. The van der Waals surface area contributed by atoms with E-state index in [1.54, 1.807) is 7.11 Å². The minimum atomic E-state index is 0.0633. The van der Waals surface area contributed by atoms with E-state index in [2.05, 4.69) is 4.90 Å². The molecular weight excluding hydrogens is 262 g/mol. The standard InChI is InChI=1S/C14H23NO3S/c1-17-9-14-8-15(6-12(14)7-18-10-14)13(16)11-2-4-19-5-3-11/h11-12H,2-10H2,1H3/t12-,14-/m1/s1. The van der Waals surface area contributed by atoms with Gasteiger partial charge in [-0.2, -0.15) is 11.8 Å². The lowest BCUT2D eigenvalue weighted by atomic mass is 9.82. The Balaban J connectivity index is 1.65. The van der Waals surface area contributed by atoms with Crippen LogP contribution < -0.4 is 0 Å². The molecule has 4 nitrogen and oxygen atoms in total. The molecule has 3 aliphatic rings. The van der Waals surface area contributed by atoms with Crippen LogP contribution in [-0.4, -0.2) is 62.3 Å². The number of amides is 1. The maximum absolute atomic E-state index is 12.6. The van der Waals surface area contributed by atoms with Crippen LogP contribution in [0.15, 0.2) is 0 Å². The molecule has 0 spiro atoms. The van der Waals surface area contributed by atoms with Crippen molar-refractivity contribution in [1.82, 2.24) is 4.90 Å². The third kappa shape index (κ3) is 2.52. The van der Waals surface area contributed by atoms with Gasteiger partial charge in [-0.25, -0.2) is 0 Å². The molecule has 3 fully saturated rings. The molecule has 0 saturated carbocycles. The van der Waals surface area contributed by atoms with Crippen molar-refractivity contribution in [3.05, 3.63) is 0 Å². The second-order valence-electron chi connectivity index (χ2n) is 6.11. The zero-order valence-corrected chi connectivity index (χ0v) is 12.4. The highest BCUT2D eigenvalue weighted by molar-refractivity contribution is 7.99. The molecule has 0 aromatic heterocycles. The number of hydrogen-bond donors (Lipinski definition) is 0. The van der Waals surface area contributed by atoms with Gasteiger partial charge in [0.1, 0.15) is 0 Å². The summed E-state index contributed by atoms with van der Waals surface area (Å²) >= 11 is 1.97. The SMILES string of the molecule is COC[C@]12COC[C@H]1CN(C(=O)C1CCSCC1)C2. The highest BCUT2D eigenvalue weighted by atomic mass is 32.2. The first-order valence-electron chi connectivity index (χ1n) is 7.18. The normalized spacial score (nSPS) is 35.6. The Morgan fingerprint density at radius 3 is 3.00 bits per heavy atom. The Hall–Kier alpha value is -0.260. The summed E-state index contributed by atoms with van der Waals surface area (Å²) in [6.07, 6.45) is 2.11. The zero-order valence-electron chi connectivity index (χ0n) is 11.6. The lowest BCUT2D eigenvalue weighted by molar-refractivity contribution is -0.135. The Bertz CT molecular complexity index is 346. The first kappa shape index (κ1) is 13.7. The molecule has 1 amide bonds. The molecule has 0 unspecified atom stereocenters. The average molecular weight is 285 g/mol. The van der Waals surface area contributed by atoms with E-state index in [0.29, 0.717) is 18.4 Å². The first-order valence-corrected chi connectivity index (χ1v) is 8.34. The van der Waals surface area contributed by atoms with Gasteiger partial charge in [-0.05, 0) is 24.3 Å². The summed E-state index contributed by atoms with van der Waals surface area (Å²) in [5.74, 6) is 3.39. The number of fused-ring (bicyclic) bond motifs is 1. The van der Waals surface area contributed by atoms with Crippen LogP contribution in [0.25, 0.3) is 0 Å². The zero-order chi connectivity index (χ0) is 13.3. The summed E-state index contributed by atoms with van der Waals surface area (Å²) in [7, 11) is 1.74. The van der Waals surface area contributed by atoms with Gasteiger partial charge in [-0.15, -0.1) is 0 Å². The number of thioether (sulfide) groups is 1. The fourth-order valence-corrected chi connectivity index (χ4v) is 4.80. The molecule has 0 aliphatic carbocycles. The maximum atomic E-state index is 12.6. The molecule has 0 aromatic carbocycles. The predicted octanol–water partition coefficient (Wildman–Crippen LogP) is 1.25. The summed E-state index contributed by atoms with van der Waals surface area (Å²) in [5, 5.41) is 0. The van der Waals surface area contributed by atoms with Gasteiger partial charge in [-0.1, -0.05) is 0 Å². The Kier molecular flexibility index (Phi) is 4.06. The average Bonchev–Trinajstić information content (AvgIpc) is 2.96. The minimum absolute atomic E-state index is 0.0633. The van der Waals surface area contributed by atoms with Crippen LogP contribution in [-0.2, 0) is 14.3 Å². The number of hydrogen-bond acceptors (Lipinski definition) is 4. The topological polar surface area (TPSA) is 38.8 Å². The van der Waals surface area contributed by atoms with E-state index in [9.17, 15) is 4.79 Å². The monoisotopic (exact) mass is 285 g/mol. The van der Waals surface area contributed by atoms with Gasteiger partial charge in [0.2, 0.25) is 5.91 Å². The largest absolute Gasteiger partial charge is 0.384 e. The molecule has 19 heavy (non-hydrogen) atoms. The van der Waals surface area contributed by atoms with Gasteiger partial charge in [0.05, 0.1) is 19.8 Å². The Morgan fingerprint density at radius 1 is 1.47 bits per heavy atom. The summed E-state index contributed by atoms with van der Waals surface area (Å²) < 4.78 is 11.0. The Morgan fingerprint density at radius 2 is 2.26 bits per heavy atom. The molecule has 0 radical (unpaired) electrons. The molecule has 3 saturated heterocycles. The van der Waals surface area contributed by atoms with Gasteiger partial charge in [0, 0.05) is 37.5 Å². The van der Waals surface area contributed by atoms with Gasteiger partial charge in [0.25, 0.3) is 0 Å². The predicted molar refractivity (Wildman–Crippen MR) is 75.2 cm³/mol. The van der Waals surface area contributed by atoms with Gasteiger partial charge in [0.15, 0.2) is 0 Å². The minimum Gasteiger partial charge on any atom is -0.384 e. The van der Waals surface area contributed by atoms with Crippen molar-refractivity contribution in [3.8, 4) is 0 Å². The van der Waals surface area contributed by atoms with E-state index >= 15 is 0 Å². The number of likely N-dealkylation sites (tertiary alicyclic amines) is 1. The highest BCUT2D eigenvalue weighted by Crippen LogP contribution is 2.42. The molecule has 5 heteroatoms. The first-order chi connectivity index (χ1) is 9.25. The Labute approximate surface area is 119 Å². The molecule has 108 valence electrons. The quantitative estimate of drug-likeness (QED) is 0.782. The number of carbonyl (C=O) groups is 1. The second-order valence-corrected chi connectivity index (χ2v) is 7.34. The molecule has 0 N–H and O–H groups in total. The van der Waals surface area contributed by atoms with Crippen molar-refractivity contribution in [2.45, 2.75) is 12.8 Å². The van der Waals surface area contributed by atoms with Crippen LogP contribution in [0, 0.1) is 17.3 Å². The maximum Gasteiger partial charge on any atom is 0.225 e. The van der Waals surface area contributed by atoms with E-state index in [4.69, 9.17) is 9.47 Å². The van der Waals surface area contributed by atoms with Crippen LogP contribution >= 0.6 is 11.8 Å². The summed E-state index contributed by atoms with van der Waals surface area (Å²) in [4.78, 5) is 14.7. The van der Waals surface area contributed by atoms with E-state index in [1.165, 1.54) is 0 Å². The molecule has 3 rings (SSSR count). The van der Waals surface area contributed by atoms with E-state index in [1.807, 2.05) is 11.8 Å². The lowest BCUT2D eigenvalue weighted by Crippen LogP contribution is -2.40. The number of rotatable bonds is 3. The molecule has 0 bridgehead atoms. The van der Waals surface area contributed by atoms with E-state index < -0.39 is 0 Å². The second kappa shape index (κ2) is 5.62. The van der Waals surface area contributed by atoms with Crippen LogP contribution in [0.5, 0.6) is 0 Å².